The minimum Gasteiger partial charge on any atom is -0.350 e. The molecular weight excluding hydrogens is 416 g/mol. The van der Waals surface area contributed by atoms with Gasteiger partial charge in [-0.05, 0) is 50.5 Å². The number of carbonyl (C=O) groups is 2. The van der Waals surface area contributed by atoms with Gasteiger partial charge in [-0.1, -0.05) is 30.3 Å². The number of nitrogens with zero attached hydrogens (tertiary/aromatic N) is 2. The topological polar surface area (TPSA) is 113 Å². The molecule has 1 aromatic rings. The molecule has 0 aromatic heterocycles. The lowest BCUT2D eigenvalue weighted by atomic mass is 9.92. The van der Waals surface area contributed by atoms with E-state index < -0.39 is 22.1 Å². The molecule has 2 saturated carbocycles. The number of hydrogen-bond donors (Lipinski definition) is 2. The maximum absolute atomic E-state index is 13.4. The first-order valence-corrected chi connectivity index (χ1v) is 12.9. The highest BCUT2D eigenvalue weighted by molar-refractivity contribution is 7.88. The number of nitrogens with two attached hydrogens (primary N) is 1. The molecule has 4 rings (SSSR count). The number of amides is 2. The van der Waals surface area contributed by atoms with Crippen molar-refractivity contribution >= 4 is 21.8 Å². The van der Waals surface area contributed by atoms with Gasteiger partial charge in [0.2, 0.25) is 15.9 Å². The predicted octanol–water partition coefficient (Wildman–Crippen LogP) is 1.17. The Hall–Kier alpha value is -1.97. The van der Waals surface area contributed by atoms with Gasteiger partial charge in [0.25, 0.3) is 5.91 Å². The van der Waals surface area contributed by atoms with Crippen LogP contribution >= 0.6 is 0 Å². The third-order valence-electron chi connectivity index (χ3n) is 6.46. The highest BCUT2D eigenvalue weighted by Crippen LogP contribution is 2.34. The lowest BCUT2D eigenvalue weighted by Crippen LogP contribution is -2.64. The van der Waals surface area contributed by atoms with Crippen molar-refractivity contribution in [1.29, 1.82) is 0 Å². The average molecular weight is 449 g/mol. The smallest absolute Gasteiger partial charge is 0.259 e. The van der Waals surface area contributed by atoms with Gasteiger partial charge in [-0.15, -0.1) is 0 Å². The molecule has 1 atom stereocenters. The van der Waals surface area contributed by atoms with Crippen molar-refractivity contribution in [3.8, 4) is 0 Å². The highest BCUT2D eigenvalue weighted by Gasteiger charge is 2.46. The van der Waals surface area contributed by atoms with Crippen LogP contribution in [0.25, 0.3) is 0 Å². The third-order valence-corrected chi connectivity index (χ3v) is 8.25. The summed E-state index contributed by atoms with van der Waals surface area (Å²) in [5.74, 6) is -0.780. The first kappa shape index (κ1) is 22.2. The molecule has 3 aliphatic rings. The highest BCUT2D eigenvalue weighted by atomic mass is 32.2. The van der Waals surface area contributed by atoms with Crippen molar-refractivity contribution in [2.75, 3.05) is 13.1 Å². The van der Waals surface area contributed by atoms with E-state index in [-0.39, 0.29) is 36.2 Å². The maximum Gasteiger partial charge on any atom is 0.259 e. The van der Waals surface area contributed by atoms with Crippen molar-refractivity contribution in [1.82, 2.24) is 14.5 Å². The quantitative estimate of drug-likeness (QED) is 0.678. The Kier molecular flexibility index (Phi) is 6.64. The summed E-state index contributed by atoms with van der Waals surface area (Å²) in [7, 11) is -3.79. The van der Waals surface area contributed by atoms with E-state index in [1.165, 1.54) is 9.21 Å². The van der Waals surface area contributed by atoms with Crippen molar-refractivity contribution in [2.24, 2.45) is 11.7 Å². The van der Waals surface area contributed by atoms with Crippen LogP contribution in [0.1, 0.15) is 50.5 Å². The summed E-state index contributed by atoms with van der Waals surface area (Å²) in [6, 6.07) is 9.05. The number of rotatable bonds is 6. The molecule has 1 unspecified atom stereocenters. The van der Waals surface area contributed by atoms with Crippen LogP contribution in [0.4, 0.5) is 0 Å². The zero-order valence-electron chi connectivity index (χ0n) is 17.8. The summed E-state index contributed by atoms with van der Waals surface area (Å²) in [4.78, 5) is 27.8. The van der Waals surface area contributed by atoms with E-state index in [1.807, 2.05) is 6.07 Å². The maximum atomic E-state index is 13.4. The van der Waals surface area contributed by atoms with Crippen LogP contribution in [-0.2, 0) is 25.4 Å². The molecule has 2 aliphatic carbocycles. The van der Waals surface area contributed by atoms with Gasteiger partial charge in [-0.3, -0.25) is 9.59 Å². The number of benzene rings is 1. The second-order valence-corrected chi connectivity index (χ2v) is 10.9. The van der Waals surface area contributed by atoms with Gasteiger partial charge in [-0.25, -0.2) is 8.42 Å². The van der Waals surface area contributed by atoms with Gasteiger partial charge < -0.3 is 16.0 Å². The third kappa shape index (κ3) is 5.27. The van der Waals surface area contributed by atoms with Crippen LogP contribution in [-0.4, -0.2) is 60.8 Å². The van der Waals surface area contributed by atoms with Gasteiger partial charge in [-0.2, -0.15) is 4.31 Å². The Balaban J connectivity index is 1.57. The van der Waals surface area contributed by atoms with Gasteiger partial charge >= 0.3 is 0 Å². The van der Waals surface area contributed by atoms with Crippen LogP contribution in [0.5, 0.6) is 0 Å². The SMILES string of the molecule is NC1CCC(NC(=O)C2N(C(=O)C3CC3)CCCN2S(=O)(=O)Cc2ccccc2)CC1. The lowest BCUT2D eigenvalue weighted by molar-refractivity contribution is -0.148. The predicted molar refractivity (Wildman–Crippen MR) is 117 cm³/mol. The summed E-state index contributed by atoms with van der Waals surface area (Å²) in [5.41, 5.74) is 6.63. The van der Waals surface area contributed by atoms with Crippen LogP contribution in [0.3, 0.4) is 0 Å². The zero-order chi connectivity index (χ0) is 22.0. The van der Waals surface area contributed by atoms with E-state index in [4.69, 9.17) is 5.73 Å². The molecule has 0 radical (unpaired) electrons. The Morgan fingerprint density at radius 1 is 1.00 bits per heavy atom. The van der Waals surface area contributed by atoms with Gasteiger partial charge in [0.05, 0.1) is 5.75 Å². The van der Waals surface area contributed by atoms with Gasteiger partial charge in [0.1, 0.15) is 0 Å². The number of carbonyl (C=O) groups excluding carboxylic acids is 2. The summed E-state index contributed by atoms with van der Waals surface area (Å²) in [5, 5.41) is 3.02. The zero-order valence-corrected chi connectivity index (χ0v) is 18.6. The minimum absolute atomic E-state index is 0.0363. The molecule has 8 nitrogen and oxygen atoms in total. The van der Waals surface area contributed by atoms with Gasteiger partial charge in [0, 0.05) is 31.1 Å². The van der Waals surface area contributed by atoms with Crippen LogP contribution in [0, 0.1) is 5.92 Å². The average Bonchev–Trinajstić information content (AvgIpc) is 3.60. The molecule has 0 spiro atoms. The fraction of sp³-hybridized carbons (Fsp3) is 0.636. The van der Waals surface area contributed by atoms with Crippen LogP contribution in [0.2, 0.25) is 0 Å². The molecule has 1 aromatic carbocycles. The molecule has 1 heterocycles. The van der Waals surface area contributed by atoms with E-state index in [1.54, 1.807) is 24.3 Å². The van der Waals surface area contributed by atoms with Crippen LogP contribution < -0.4 is 11.1 Å². The Bertz CT molecular complexity index is 895. The summed E-state index contributed by atoms with van der Waals surface area (Å²) in [6.07, 6.45) is 4.22. The largest absolute Gasteiger partial charge is 0.350 e. The molecule has 9 heteroatoms. The van der Waals surface area contributed by atoms with Gasteiger partial charge in [0.15, 0.2) is 6.17 Å². The molecule has 3 fully saturated rings. The van der Waals surface area contributed by atoms with E-state index in [0.29, 0.717) is 18.5 Å². The molecule has 0 bridgehead atoms. The normalized spacial score (nSPS) is 27.6. The number of sulfonamides is 1. The summed E-state index contributed by atoms with van der Waals surface area (Å²) < 4.78 is 27.9. The van der Waals surface area contributed by atoms with E-state index in [9.17, 15) is 18.0 Å². The first-order valence-electron chi connectivity index (χ1n) is 11.2. The standard InChI is InChI=1S/C22H32N4O4S/c23-18-9-11-19(12-10-18)24-20(27)21-25(22(28)17-7-8-17)13-4-14-26(21)31(29,30)15-16-5-2-1-3-6-16/h1-3,5-6,17-19,21H,4,7-15,23H2,(H,24,27). The first-order chi connectivity index (χ1) is 14.8. The van der Waals surface area contributed by atoms with Crippen molar-refractivity contribution in [3.05, 3.63) is 35.9 Å². The fourth-order valence-electron chi connectivity index (χ4n) is 4.56. The monoisotopic (exact) mass is 448 g/mol. The molecule has 3 N–H and O–H groups in total. The Morgan fingerprint density at radius 3 is 2.32 bits per heavy atom. The number of hydrogen-bond acceptors (Lipinski definition) is 5. The fourth-order valence-corrected chi connectivity index (χ4v) is 6.26. The second kappa shape index (κ2) is 9.26. The summed E-state index contributed by atoms with van der Waals surface area (Å²) in [6.45, 7) is 0.636. The van der Waals surface area contributed by atoms with E-state index in [2.05, 4.69) is 5.32 Å². The Labute approximate surface area is 184 Å². The molecule has 1 saturated heterocycles. The number of nitrogens with one attached hydrogen (secondary N) is 1. The van der Waals surface area contributed by atoms with E-state index in [0.717, 1.165) is 38.5 Å². The lowest BCUT2D eigenvalue weighted by Gasteiger charge is -2.42. The molecule has 31 heavy (non-hydrogen) atoms. The summed E-state index contributed by atoms with van der Waals surface area (Å²) >= 11 is 0. The molecule has 1 aliphatic heterocycles. The molecule has 170 valence electrons. The Morgan fingerprint density at radius 2 is 1.68 bits per heavy atom. The minimum atomic E-state index is -3.79. The molecular formula is C22H32N4O4S. The van der Waals surface area contributed by atoms with Crippen molar-refractivity contribution in [3.63, 3.8) is 0 Å². The van der Waals surface area contributed by atoms with E-state index >= 15 is 0 Å². The van der Waals surface area contributed by atoms with Crippen molar-refractivity contribution in [2.45, 2.75) is 68.9 Å². The molecule has 2 amide bonds. The second-order valence-electron chi connectivity index (χ2n) is 9.01. The van der Waals surface area contributed by atoms with Crippen molar-refractivity contribution < 1.29 is 18.0 Å². The van der Waals surface area contributed by atoms with Crippen LogP contribution in [0.15, 0.2) is 30.3 Å².